The van der Waals surface area contributed by atoms with Crippen LogP contribution in [0.2, 0.25) is 0 Å². The summed E-state index contributed by atoms with van der Waals surface area (Å²) >= 11 is 0. The Morgan fingerprint density at radius 2 is 2.04 bits per heavy atom. The highest BCUT2D eigenvalue weighted by Crippen LogP contribution is 2.24. The van der Waals surface area contributed by atoms with Crippen LogP contribution in [0.25, 0.3) is 10.8 Å². The van der Waals surface area contributed by atoms with Crippen LogP contribution in [0.3, 0.4) is 0 Å². The van der Waals surface area contributed by atoms with Crippen LogP contribution in [0.15, 0.2) is 49.1 Å². The second-order valence-corrected chi connectivity index (χ2v) is 5.13. The number of hydroxylamine groups is 2. The second kappa shape index (κ2) is 8.24. The molecule has 6 heteroatoms. The number of fused-ring (bicyclic) bond motifs is 1. The van der Waals surface area contributed by atoms with Crippen LogP contribution < -0.4 is 5.32 Å². The first kappa shape index (κ1) is 17.7. The molecule has 0 radical (unpaired) electrons. The fourth-order valence-corrected chi connectivity index (χ4v) is 2.30. The lowest BCUT2D eigenvalue weighted by Gasteiger charge is -2.17. The maximum absolute atomic E-state index is 12.6. The summed E-state index contributed by atoms with van der Waals surface area (Å²) in [6.07, 6.45) is 2.17. The highest BCUT2D eigenvalue weighted by Gasteiger charge is 2.24. The van der Waals surface area contributed by atoms with Crippen molar-refractivity contribution in [1.29, 1.82) is 0 Å². The fraction of sp³-hybridized carbons (Fsp3) is 0.222. The van der Waals surface area contributed by atoms with Gasteiger partial charge in [-0.05, 0) is 23.3 Å². The Hall–Kier alpha value is -2.70. The Morgan fingerprint density at radius 3 is 2.75 bits per heavy atom. The number of nitrogens with zero attached hydrogens (tertiary/aromatic N) is 1. The average Bonchev–Trinajstić information content (AvgIpc) is 2.62. The minimum atomic E-state index is -0.810. The molecule has 0 fully saturated rings. The van der Waals surface area contributed by atoms with Crippen LogP contribution in [-0.2, 0) is 4.84 Å². The minimum absolute atomic E-state index is 0.0373. The Morgan fingerprint density at radius 1 is 1.29 bits per heavy atom. The summed E-state index contributed by atoms with van der Waals surface area (Å²) in [5, 5.41) is 14.1. The molecule has 0 unspecified atom stereocenters. The van der Waals surface area contributed by atoms with Crippen LogP contribution >= 0.6 is 0 Å². The van der Waals surface area contributed by atoms with E-state index in [1.807, 2.05) is 19.1 Å². The van der Waals surface area contributed by atoms with Crippen molar-refractivity contribution in [1.82, 2.24) is 10.5 Å². The van der Waals surface area contributed by atoms with Crippen molar-refractivity contribution < 1.29 is 19.6 Å². The van der Waals surface area contributed by atoms with Gasteiger partial charge in [-0.1, -0.05) is 48.6 Å². The van der Waals surface area contributed by atoms with Crippen molar-refractivity contribution in [2.24, 2.45) is 0 Å². The maximum atomic E-state index is 12.6. The molecule has 0 saturated heterocycles. The molecule has 0 aromatic heterocycles. The molecule has 2 rings (SSSR count). The molecule has 2 amide bonds. The summed E-state index contributed by atoms with van der Waals surface area (Å²) in [6, 6.07) is 10.5. The van der Waals surface area contributed by atoms with Gasteiger partial charge in [0.1, 0.15) is 0 Å². The molecule has 0 heterocycles. The van der Waals surface area contributed by atoms with Crippen LogP contribution in [0.5, 0.6) is 0 Å². The predicted octanol–water partition coefficient (Wildman–Crippen LogP) is 2.93. The molecule has 2 aromatic carbocycles. The van der Waals surface area contributed by atoms with Gasteiger partial charge in [0.05, 0.1) is 17.7 Å². The third kappa shape index (κ3) is 3.79. The zero-order valence-corrected chi connectivity index (χ0v) is 13.5. The van der Waals surface area contributed by atoms with Crippen molar-refractivity contribution in [2.45, 2.75) is 13.3 Å². The Balaban J connectivity index is 2.51. The van der Waals surface area contributed by atoms with Crippen LogP contribution in [-0.4, -0.2) is 35.4 Å². The quantitative estimate of drug-likeness (QED) is 0.465. The topological polar surface area (TPSA) is 78.9 Å². The Kier molecular flexibility index (Phi) is 6.06. The zero-order chi connectivity index (χ0) is 17.5. The van der Waals surface area contributed by atoms with E-state index in [-0.39, 0.29) is 28.9 Å². The molecule has 126 valence electrons. The number of hydrogen-bond donors (Lipinski definition) is 2. The van der Waals surface area contributed by atoms with Crippen molar-refractivity contribution >= 4 is 22.6 Å². The summed E-state index contributed by atoms with van der Waals surface area (Å²) in [5.74, 6) is -1.18. The molecule has 2 aromatic rings. The predicted molar refractivity (Wildman–Crippen MR) is 90.7 cm³/mol. The smallest absolute Gasteiger partial charge is 0.305 e. The van der Waals surface area contributed by atoms with Gasteiger partial charge in [-0.3, -0.25) is 14.8 Å². The summed E-state index contributed by atoms with van der Waals surface area (Å²) in [6.45, 7) is 5.85. The number of hydrogen-bond acceptors (Lipinski definition) is 4. The first-order valence-electron chi connectivity index (χ1n) is 7.67. The number of carbonyl (C=O) groups is 2. The monoisotopic (exact) mass is 328 g/mol. The Bertz CT molecular complexity index is 758. The zero-order valence-electron chi connectivity index (χ0n) is 13.5. The highest BCUT2D eigenvalue weighted by molar-refractivity contribution is 6.15. The Labute approximate surface area is 140 Å². The molecule has 6 nitrogen and oxygen atoms in total. The van der Waals surface area contributed by atoms with E-state index in [2.05, 4.69) is 11.9 Å². The standard InChI is InChI=1S/C18H20N2O4/c1-3-11-19-17(21)15-10-9-13-7-5-6-8-14(13)16(15)18(22)20(23)24-12-4-2/h4-10,23H,2-3,11-12H2,1H3,(H,19,21). The highest BCUT2D eigenvalue weighted by atomic mass is 16.9. The molecule has 0 aliphatic heterocycles. The third-order valence-corrected chi connectivity index (χ3v) is 3.41. The fourth-order valence-electron chi connectivity index (χ4n) is 2.30. The van der Waals surface area contributed by atoms with Crippen molar-refractivity contribution in [3.05, 3.63) is 60.2 Å². The van der Waals surface area contributed by atoms with Gasteiger partial charge in [0.25, 0.3) is 5.91 Å². The van der Waals surface area contributed by atoms with Gasteiger partial charge in [-0.15, -0.1) is 6.58 Å². The van der Waals surface area contributed by atoms with E-state index >= 15 is 0 Å². The largest absolute Gasteiger partial charge is 0.352 e. The number of carbonyl (C=O) groups excluding carboxylic acids is 2. The van der Waals surface area contributed by atoms with E-state index in [9.17, 15) is 14.8 Å². The number of benzene rings is 2. The molecular weight excluding hydrogens is 308 g/mol. The average molecular weight is 328 g/mol. The van der Waals surface area contributed by atoms with Crippen LogP contribution in [0.1, 0.15) is 34.1 Å². The first-order chi connectivity index (χ1) is 11.6. The lowest BCUT2D eigenvalue weighted by Crippen LogP contribution is -2.32. The van der Waals surface area contributed by atoms with E-state index < -0.39 is 5.91 Å². The SMILES string of the molecule is C=CCON(O)C(=O)c1c(C(=O)NCCC)ccc2ccccc12. The van der Waals surface area contributed by atoms with Crippen molar-refractivity contribution in [2.75, 3.05) is 13.2 Å². The second-order valence-electron chi connectivity index (χ2n) is 5.13. The molecular formula is C18H20N2O4. The molecule has 24 heavy (non-hydrogen) atoms. The van der Waals surface area contributed by atoms with E-state index in [0.717, 1.165) is 11.8 Å². The van der Waals surface area contributed by atoms with Gasteiger partial charge in [-0.2, -0.15) is 0 Å². The van der Waals surface area contributed by atoms with E-state index in [0.29, 0.717) is 11.9 Å². The molecule has 0 aliphatic carbocycles. The lowest BCUT2D eigenvalue weighted by molar-refractivity contribution is -0.290. The van der Waals surface area contributed by atoms with E-state index in [1.54, 1.807) is 24.3 Å². The molecule has 2 N–H and O–H groups in total. The molecule has 0 bridgehead atoms. The first-order valence-corrected chi connectivity index (χ1v) is 7.67. The molecule has 0 atom stereocenters. The number of rotatable bonds is 7. The summed E-state index contributed by atoms with van der Waals surface area (Å²) in [7, 11) is 0. The maximum Gasteiger partial charge on any atom is 0.305 e. The minimum Gasteiger partial charge on any atom is -0.352 e. The molecule has 0 saturated carbocycles. The normalized spacial score (nSPS) is 10.4. The molecule has 0 spiro atoms. The van der Waals surface area contributed by atoms with Crippen LogP contribution in [0.4, 0.5) is 0 Å². The summed E-state index contributed by atoms with van der Waals surface area (Å²) in [5.41, 5.74) is 0.279. The van der Waals surface area contributed by atoms with Crippen LogP contribution in [0, 0.1) is 0 Å². The van der Waals surface area contributed by atoms with Gasteiger partial charge in [0.15, 0.2) is 0 Å². The number of amides is 2. The third-order valence-electron chi connectivity index (χ3n) is 3.41. The summed E-state index contributed by atoms with van der Waals surface area (Å²) < 4.78 is 0. The lowest BCUT2D eigenvalue weighted by atomic mass is 9.97. The van der Waals surface area contributed by atoms with Gasteiger partial charge in [-0.25, -0.2) is 4.84 Å². The van der Waals surface area contributed by atoms with Crippen molar-refractivity contribution in [3.8, 4) is 0 Å². The van der Waals surface area contributed by atoms with Crippen molar-refractivity contribution in [3.63, 3.8) is 0 Å². The van der Waals surface area contributed by atoms with Gasteiger partial charge < -0.3 is 5.32 Å². The van der Waals surface area contributed by atoms with E-state index in [4.69, 9.17) is 4.84 Å². The van der Waals surface area contributed by atoms with E-state index in [1.165, 1.54) is 6.08 Å². The van der Waals surface area contributed by atoms with Gasteiger partial charge in [0.2, 0.25) is 0 Å². The van der Waals surface area contributed by atoms with Gasteiger partial charge in [0, 0.05) is 6.54 Å². The summed E-state index contributed by atoms with van der Waals surface area (Å²) in [4.78, 5) is 29.9. The molecule has 0 aliphatic rings. The number of nitrogens with one attached hydrogen (secondary N) is 1. The van der Waals surface area contributed by atoms with Gasteiger partial charge >= 0.3 is 5.91 Å².